The summed E-state index contributed by atoms with van der Waals surface area (Å²) in [5.41, 5.74) is 0.178. The molecule has 2 aromatic carbocycles. The lowest BCUT2D eigenvalue weighted by Gasteiger charge is -2.06. The molecular formula is C16H9ClN4O2S. The number of hydrogen-bond donors (Lipinski definition) is 1. The van der Waals surface area contributed by atoms with Crippen LogP contribution in [0.1, 0.15) is 0 Å². The Labute approximate surface area is 147 Å². The van der Waals surface area contributed by atoms with Gasteiger partial charge in [-0.05, 0) is 30.3 Å². The summed E-state index contributed by atoms with van der Waals surface area (Å²) >= 11 is 7.17. The number of nitro groups is 1. The van der Waals surface area contributed by atoms with Gasteiger partial charge in [-0.3, -0.25) is 10.1 Å². The quantitative estimate of drug-likeness (QED) is 0.471. The molecule has 0 unspecified atom stereocenters. The van der Waals surface area contributed by atoms with E-state index in [2.05, 4.69) is 5.32 Å². The summed E-state index contributed by atoms with van der Waals surface area (Å²) in [6, 6.07) is 15.0. The van der Waals surface area contributed by atoms with E-state index in [0.717, 1.165) is 4.90 Å². The number of halogens is 1. The van der Waals surface area contributed by atoms with Crippen molar-refractivity contribution >= 4 is 34.7 Å². The topological polar surface area (TPSA) is 103 Å². The molecule has 0 amide bonds. The van der Waals surface area contributed by atoms with E-state index in [0.29, 0.717) is 15.6 Å². The van der Waals surface area contributed by atoms with Gasteiger partial charge in [0.15, 0.2) is 0 Å². The van der Waals surface area contributed by atoms with Crippen molar-refractivity contribution in [3.8, 4) is 12.1 Å². The second-order valence-electron chi connectivity index (χ2n) is 4.45. The third-order valence-electron chi connectivity index (χ3n) is 2.78. The van der Waals surface area contributed by atoms with Gasteiger partial charge < -0.3 is 5.32 Å². The van der Waals surface area contributed by atoms with Crippen molar-refractivity contribution in [3.05, 3.63) is 69.4 Å². The maximum atomic E-state index is 11.1. The summed E-state index contributed by atoms with van der Waals surface area (Å²) in [7, 11) is 0. The molecule has 1 N–H and O–H groups in total. The molecule has 0 heterocycles. The highest BCUT2D eigenvalue weighted by Crippen LogP contribution is 2.33. The van der Waals surface area contributed by atoms with Crippen molar-refractivity contribution in [1.82, 2.24) is 0 Å². The molecule has 6 nitrogen and oxygen atoms in total. The summed E-state index contributed by atoms with van der Waals surface area (Å²) < 4.78 is 0. The molecule has 118 valence electrons. The second kappa shape index (κ2) is 8.02. The van der Waals surface area contributed by atoms with E-state index in [-0.39, 0.29) is 11.3 Å². The maximum absolute atomic E-state index is 11.1. The summed E-state index contributed by atoms with van der Waals surface area (Å²) in [6.07, 6.45) is 1.20. The Morgan fingerprint density at radius 1 is 1.17 bits per heavy atom. The Morgan fingerprint density at radius 3 is 2.42 bits per heavy atom. The van der Waals surface area contributed by atoms with Gasteiger partial charge in [-0.2, -0.15) is 10.5 Å². The molecule has 24 heavy (non-hydrogen) atoms. The van der Waals surface area contributed by atoms with Crippen molar-refractivity contribution in [2.75, 3.05) is 5.32 Å². The van der Waals surface area contributed by atoms with Crippen molar-refractivity contribution in [2.45, 2.75) is 9.79 Å². The standard InChI is InChI=1S/C16H9ClN4O2S/c17-12-1-3-15(4-2-12)24-16-6-13(5-14(7-16)21(22)23)20-10-11(8-18)9-19/h1-7,10,20H. The van der Waals surface area contributed by atoms with Crippen LogP contribution in [0.3, 0.4) is 0 Å². The highest BCUT2D eigenvalue weighted by molar-refractivity contribution is 7.99. The van der Waals surface area contributed by atoms with Crippen LogP contribution in [-0.4, -0.2) is 4.92 Å². The van der Waals surface area contributed by atoms with E-state index in [1.165, 1.54) is 30.1 Å². The van der Waals surface area contributed by atoms with Gasteiger partial charge in [-0.1, -0.05) is 23.4 Å². The highest BCUT2D eigenvalue weighted by Gasteiger charge is 2.11. The molecule has 0 aliphatic carbocycles. The van der Waals surface area contributed by atoms with Crippen molar-refractivity contribution in [3.63, 3.8) is 0 Å². The predicted octanol–water partition coefficient (Wildman–Crippen LogP) is 4.74. The zero-order valence-electron chi connectivity index (χ0n) is 12.1. The molecule has 0 aromatic heterocycles. The Hall–Kier alpha value is -3.00. The number of benzene rings is 2. The number of non-ortho nitro benzene ring substituents is 1. The van der Waals surface area contributed by atoms with Gasteiger partial charge in [0, 0.05) is 38.8 Å². The Bertz CT molecular complexity index is 866. The van der Waals surface area contributed by atoms with Crippen LogP contribution in [0, 0.1) is 32.8 Å². The molecule has 2 rings (SSSR count). The van der Waals surface area contributed by atoms with Crippen molar-refractivity contribution < 1.29 is 4.92 Å². The molecule has 0 saturated heterocycles. The first-order valence-electron chi connectivity index (χ1n) is 6.51. The van der Waals surface area contributed by atoms with Crippen molar-refractivity contribution in [2.24, 2.45) is 0 Å². The molecule has 0 spiro atoms. The molecule has 8 heteroatoms. The average Bonchev–Trinajstić information content (AvgIpc) is 2.57. The first kappa shape index (κ1) is 17.4. The van der Waals surface area contributed by atoms with Gasteiger partial charge in [-0.25, -0.2) is 0 Å². The Morgan fingerprint density at radius 2 is 1.83 bits per heavy atom. The van der Waals surface area contributed by atoms with Gasteiger partial charge in [0.1, 0.15) is 17.7 Å². The van der Waals surface area contributed by atoms with Crippen LogP contribution in [0.5, 0.6) is 0 Å². The van der Waals surface area contributed by atoms with Crippen molar-refractivity contribution in [1.29, 1.82) is 10.5 Å². The van der Waals surface area contributed by atoms with Gasteiger partial charge in [-0.15, -0.1) is 0 Å². The molecule has 0 bridgehead atoms. The minimum atomic E-state index is -0.504. The van der Waals surface area contributed by atoms with Gasteiger partial charge in [0.05, 0.1) is 4.92 Å². The fourth-order valence-electron chi connectivity index (χ4n) is 1.71. The van der Waals surface area contributed by atoms with Gasteiger partial charge in [0.2, 0.25) is 0 Å². The zero-order valence-corrected chi connectivity index (χ0v) is 13.6. The van der Waals surface area contributed by atoms with E-state index in [9.17, 15) is 10.1 Å². The fraction of sp³-hybridized carbons (Fsp3) is 0. The number of anilines is 1. The Balaban J connectivity index is 2.32. The summed E-state index contributed by atoms with van der Waals surface area (Å²) in [5, 5.41) is 31.8. The lowest BCUT2D eigenvalue weighted by Crippen LogP contribution is -1.94. The van der Waals surface area contributed by atoms with Gasteiger partial charge >= 0.3 is 0 Å². The predicted molar refractivity (Wildman–Crippen MR) is 91.6 cm³/mol. The second-order valence-corrected chi connectivity index (χ2v) is 6.04. The summed E-state index contributed by atoms with van der Waals surface area (Å²) in [4.78, 5) is 12.1. The third-order valence-corrected chi connectivity index (χ3v) is 4.01. The van der Waals surface area contributed by atoms with E-state index in [1.807, 2.05) is 12.1 Å². The third kappa shape index (κ3) is 4.75. The summed E-state index contributed by atoms with van der Waals surface area (Å²) in [6.45, 7) is 0. The van der Waals surface area contributed by atoms with Crippen LogP contribution in [-0.2, 0) is 0 Å². The van der Waals surface area contributed by atoms with E-state index in [1.54, 1.807) is 30.3 Å². The minimum Gasteiger partial charge on any atom is -0.360 e. The maximum Gasteiger partial charge on any atom is 0.272 e. The van der Waals surface area contributed by atoms with E-state index < -0.39 is 4.92 Å². The first-order chi connectivity index (χ1) is 11.5. The number of nitrogens with one attached hydrogen (secondary N) is 1. The minimum absolute atomic E-state index is 0.0969. The number of hydrogen-bond acceptors (Lipinski definition) is 6. The average molecular weight is 357 g/mol. The van der Waals surface area contributed by atoms with Crippen LogP contribution >= 0.6 is 23.4 Å². The van der Waals surface area contributed by atoms with Gasteiger partial charge in [0.25, 0.3) is 5.69 Å². The molecule has 0 atom stereocenters. The molecule has 2 aromatic rings. The number of allylic oxidation sites excluding steroid dienone is 1. The molecule has 0 saturated carbocycles. The lowest BCUT2D eigenvalue weighted by atomic mass is 10.2. The number of nitrogens with zero attached hydrogens (tertiary/aromatic N) is 3. The molecule has 0 aliphatic heterocycles. The smallest absolute Gasteiger partial charge is 0.272 e. The van der Waals surface area contributed by atoms with Crippen LogP contribution < -0.4 is 5.32 Å². The first-order valence-corrected chi connectivity index (χ1v) is 7.71. The molecule has 0 fully saturated rings. The lowest BCUT2D eigenvalue weighted by molar-refractivity contribution is -0.385. The van der Waals surface area contributed by atoms with Crippen LogP contribution in [0.4, 0.5) is 11.4 Å². The van der Waals surface area contributed by atoms with E-state index in [4.69, 9.17) is 22.1 Å². The number of nitro benzene ring substituents is 1. The molecular weight excluding hydrogens is 348 g/mol. The van der Waals surface area contributed by atoms with Crippen LogP contribution in [0.15, 0.2) is 64.0 Å². The Kier molecular flexibility index (Phi) is 5.80. The SMILES string of the molecule is N#CC(C#N)=CNc1cc(Sc2ccc(Cl)cc2)cc([N+](=O)[O-])c1. The number of nitriles is 2. The van der Waals surface area contributed by atoms with Crippen LogP contribution in [0.25, 0.3) is 0 Å². The van der Waals surface area contributed by atoms with Crippen LogP contribution in [0.2, 0.25) is 5.02 Å². The fourth-order valence-corrected chi connectivity index (χ4v) is 2.75. The number of rotatable bonds is 5. The molecule has 0 aliphatic rings. The summed E-state index contributed by atoms with van der Waals surface area (Å²) in [5.74, 6) is 0. The normalized spacial score (nSPS) is 9.46. The monoisotopic (exact) mass is 356 g/mol. The van der Waals surface area contributed by atoms with E-state index >= 15 is 0 Å². The highest BCUT2D eigenvalue weighted by atomic mass is 35.5. The largest absolute Gasteiger partial charge is 0.360 e. The molecule has 0 radical (unpaired) electrons. The zero-order chi connectivity index (χ0) is 17.5.